The van der Waals surface area contributed by atoms with Gasteiger partial charge in [-0.1, -0.05) is 6.92 Å². The zero-order valence-corrected chi connectivity index (χ0v) is 18.6. The van der Waals surface area contributed by atoms with Crippen molar-refractivity contribution in [1.82, 2.24) is 19.7 Å². The normalized spacial score (nSPS) is 20.4. The summed E-state index contributed by atoms with van der Waals surface area (Å²) in [5.74, 6) is 1.59. The minimum atomic E-state index is -0.0406. The van der Waals surface area contributed by atoms with E-state index in [4.69, 9.17) is 20.6 Å². The van der Waals surface area contributed by atoms with Crippen molar-refractivity contribution in [3.8, 4) is 11.5 Å². The second-order valence-electron chi connectivity index (χ2n) is 9.35. The molecule has 2 aromatic heterocycles. The summed E-state index contributed by atoms with van der Waals surface area (Å²) in [6.07, 6.45) is 5.69. The summed E-state index contributed by atoms with van der Waals surface area (Å²) in [5, 5.41) is 5.98. The predicted octanol–water partition coefficient (Wildman–Crippen LogP) is 5.10. The lowest BCUT2D eigenvalue weighted by molar-refractivity contribution is -0.0365. The van der Waals surface area contributed by atoms with Gasteiger partial charge in [0, 0.05) is 36.5 Å². The molecule has 7 heteroatoms. The van der Waals surface area contributed by atoms with Crippen molar-refractivity contribution >= 4 is 33.3 Å². The fourth-order valence-corrected chi connectivity index (χ4v) is 5.04. The van der Waals surface area contributed by atoms with Crippen LogP contribution in [-0.2, 0) is 4.74 Å². The van der Waals surface area contributed by atoms with Gasteiger partial charge in [0.15, 0.2) is 12.1 Å². The highest BCUT2D eigenvalue weighted by Crippen LogP contribution is 2.34. The molecule has 2 aliphatic heterocycles. The molecule has 2 fully saturated rings. The highest BCUT2D eigenvalue weighted by molar-refractivity contribution is 5.95. The van der Waals surface area contributed by atoms with Crippen molar-refractivity contribution in [2.24, 2.45) is 5.92 Å². The number of nitrogens with one attached hydrogen (secondary N) is 1. The quantitative estimate of drug-likeness (QED) is 0.442. The van der Waals surface area contributed by atoms with Crippen LogP contribution in [0.1, 0.15) is 45.3 Å². The van der Waals surface area contributed by atoms with Crippen LogP contribution in [0.4, 0.5) is 11.4 Å². The van der Waals surface area contributed by atoms with Gasteiger partial charge in [0.2, 0.25) is 0 Å². The summed E-state index contributed by atoms with van der Waals surface area (Å²) in [6.45, 7) is 5.34. The Morgan fingerprint density at radius 2 is 1.94 bits per heavy atom. The molecule has 0 radical (unpaired) electrons. The van der Waals surface area contributed by atoms with Gasteiger partial charge in [0.05, 0.1) is 16.6 Å². The third-order valence-electron chi connectivity index (χ3n) is 7.00. The number of anilines is 2. The number of aromatic nitrogens is 4. The molecule has 0 aliphatic carbocycles. The van der Waals surface area contributed by atoms with Gasteiger partial charge in [-0.15, -0.1) is 0 Å². The van der Waals surface area contributed by atoms with Gasteiger partial charge in [-0.25, -0.2) is 9.67 Å². The molecule has 32 heavy (non-hydrogen) atoms. The lowest BCUT2D eigenvalue weighted by Crippen LogP contribution is -2.32. The number of rotatable bonds is 3. The van der Waals surface area contributed by atoms with Gasteiger partial charge in [-0.05, 0) is 74.4 Å². The third kappa shape index (κ3) is 3.41. The van der Waals surface area contributed by atoms with Gasteiger partial charge in [0.1, 0.15) is 5.69 Å². The Balaban J connectivity index is 1.41. The van der Waals surface area contributed by atoms with E-state index in [0.29, 0.717) is 0 Å². The molecule has 0 saturated carbocycles. The van der Waals surface area contributed by atoms with Crippen molar-refractivity contribution in [1.29, 1.82) is 0 Å². The summed E-state index contributed by atoms with van der Waals surface area (Å²) in [5.41, 5.74) is 12.0. The highest BCUT2D eigenvalue weighted by atomic mass is 16.5. The van der Waals surface area contributed by atoms with Crippen LogP contribution in [0.3, 0.4) is 0 Å². The van der Waals surface area contributed by atoms with Crippen LogP contribution in [0.25, 0.3) is 33.5 Å². The molecule has 4 heterocycles. The van der Waals surface area contributed by atoms with Crippen molar-refractivity contribution in [2.45, 2.75) is 45.3 Å². The maximum absolute atomic E-state index is 6.14. The Morgan fingerprint density at radius 1 is 1.06 bits per heavy atom. The fraction of sp³-hybridized carbons (Fsp3) is 0.440. The number of benzene rings is 2. The lowest BCUT2D eigenvalue weighted by atomic mass is 9.99. The van der Waals surface area contributed by atoms with Crippen molar-refractivity contribution < 1.29 is 4.74 Å². The van der Waals surface area contributed by atoms with E-state index < -0.39 is 0 Å². The molecule has 4 aromatic rings. The van der Waals surface area contributed by atoms with Crippen LogP contribution in [0, 0.1) is 5.92 Å². The second-order valence-corrected chi connectivity index (χ2v) is 9.35. The van der Waals surface area contributed by atoms with Crippen LogP contribution in [-0.4, -0.2) is 39.4 Å². The highest BCUT2D eigenvalue weighted by Gasteiger charge is 2.23. The van der Waals surface area contributed by atoms with E-state index in [1.165, 1.54) is 18.5 Å². The minimum absolute atomic E-state index is 0.0406. The number of nitrogens with two attached hydrogens (primary N) is 1. The molecular formula is C25H30N6O. The summed E-state index contributed by atoms with van der Waals surface area (Å²) in [6, 6.07) is 12.5. The molecule has 166 valence electrons. The Kier molecular flexibility index (Phi) is 4.79. The van der Waals surface area contributed by atoms with E-state index in [0.717, 1.165) is 84.0 Å². The average molecular weight is 431 g/mol. The summed E-state index contributed by atoms with van der Waals surface area (Å²) in [7, 11) is 0. The zero-order valence-electron chi connectivity index (χ0n) is 18.6. The van der Waals surface area contributed by atoms with Gasteiger partial charge in [-0.2, -0.15) is 5.10 Å². The molecule has 1 unspecified atom stereocenters. The molecule has 2 aromatic carbocycles. The number of hydrogen-bond donors (Lipinski definition) is 2. The summed E-state index contributed by atoms with van der Waals surface area (Å²) < 4.78 is 8.04. The lowest BCUT2D eigenvalue weighted by Gasteiger charge is -2.32. The molecule has 2 aliphatic rings. The topological polar surface area (TPSA) is 85.0 Å². The molecule has 1 atom stereocenters. The summed E-state index contributed by atoms with van der Waals surface area (Å²) >= 11 is 0. The molecule has 0 amide bonds. The fourth-order valence-electron chi connectivity index (χ4n) is 5.04. The standard InChI is InChI=1S/C25H30N6O/c1-16-9-11-30(12-10-16)18-6-7-20-21(15-18)28-25(27-20)24-19-14-17(26)5-8-22(19)31(29-24)23-4-2-3-13-32-23/h5-8,14-16,23H,2-4,9-13,26H2,1H3,(H,27,28). The van der Waals surface area contributed by atoms with Crippen LogP contribution in [0.5, 0.6) is 0 Å². The van der Waals surface area contributed by atoms with Crippen molar-refractivity contribution in [3.63, 3.8) is 0 Å². The van der Waals surface area contributed by atoms with Gasteiger partial charge >= 0.3 is 0 Å². The predicted molar refractivity (Wildman–Crippen MR) is 129 cm³/mol. The van der Waals surface area contributed by atoms with Gasteiger partial charge in [0.25, 0.3) is 0 Å². The minimum Gasteiger partial charge on any atom is -0.399 e. The van der Waals surface area contributed by atoms with E-state index >= 15 is 0 Å². The average Bonchev–Trinajstić information content (AvgIpc) is 3.40. The molecule has 6 rings (SSSR count). The molecule has 0 spiro atoms. The van der Waals surface area contributed by atoms with Gasteiger partial charge in [-0.3, -0.25) is 0 Å². The number of aromatic amines is 1. The van der Waals surface area contributed by atoms with E-state index in [9.17, 15) is 0 Å². The second kappa shape index (κ2) is 7.81. The number of nitrogen functional groups attached to an aromatic ring is 1. The molecule has 7 nitrogen and oxygen atoms in total. The first kappa shape index (κ1) is 19.6. The van der Waals surface area contributed by atoms with Crippen molar-refractivity contribution in [3.05, 3.63) is 36.4 Å². The number of hydrogen-bond acceptors (Lipinski definition) is 5. The first-order valence-corrected chi connectivity index (χ1v) is 11.8. The smallest absolute Gasteiger partial charge is 0.159 e. The third-order valence-corrected chi connectivity index (χ3v) is 7.00. The monoisotopic (exact) mass is 430 g/mol. The molecule has 3 N–H and O–H groups in total. The zero-order chi connectivity index (χ0) is 21.7. The van der Waals surface area contributed by atoms with Crippen molar-refractivity contribution in [2.75, 3.05) is 30.3 Å². The maximum Gasteiger partial charge on any atom is 0.159 e. The molecule has 0 bridgehead atoms. The number of piperidine rings is 1. The van der Waals surface area contributed by atoms with E-state index in [-0.39, 0.29) is 6.23 Å². The van der Waals surface area contributed by atoms with Crippen LogP contribution in [0.2, 0.25) is 0 Å². The van der Waals surface area contributed by atoms with E-state index in [2.05, 4.69) is 35.0 Å². The number of nitrogens with zero attached hydrogens (tertiary/aromatic N) is 4. The first-order chi connectivity index (χ1) is 15.7. The van der Waals surface area contributed by atoms with E-state index in [1.54, 1.807) is 0 Å². The number of fused-ring (bicyclic) bond motifs is 2. The largest absolute Gasteiger partial charge is 0.399 e. The molecule has 2 saturated heterocycles. The van der Waals surface area contributed by atoms with Crippen LogP contribution in [0.15, 0.2) is 36.4 Å². The van der Waals surface area contributed by atoms with Crippen LogP contribution < -0.4 is 10.6 Å². The Bertz CT molecular complexity index is 1260. The Labute approximate surface area is 187 Å². The Hall–Kier alpha value is -3.06. The maximum atomic E-state index is 6.14. The number of imidazole rings is 1. The number of ether oxygens (including phenoxy) is 1. The number of H-pyrrole nitrogens is 1. The summed E-state index contributed by atoms with van der Waals surface area (Å²) in [4.78, 5) is 10.9. The molecular weight excluding hydrogens is 400 g/mol. The first-order valence-electron chi connectivity index (χ1n) is 11.8. The SMILES string of the molecule is CC1CCN(c2ccc3[nH]c(-c4nn(C5CCCCO5)c5ccc(N)cc45)nc3c2)CC1. The Morgan fingerprint density at radius 3 is 2.75 bits per heavy atom. The van der Waals surface area contributed by atoms with Crippen LogP contribution >= 0.6 is 0 Å². The van der Waals surface area contributed by atoms with E-state index in [1.807, 2.05) is 22.9 Å². The van der Waals surface area contributed by atoms with Gasteiger partial charge < -0.3 is 20.4 Å².